The van der Waals surface area contributed by atoms with Crippen molar-refractivity contribution in [3.63, 3.8) is 0 Å². The standard InChI is InChI=1S/C19H25FN4S.HI/c1-2-21-19(23-13-15-5-3-4-6-17(15)20)22-9-11-24-10-7-18-16(14-24)8-12-25-18;/h3-6,8,12H,2,7,9-11,13-14H2,1H3,(H2,21,22,23);1H. The number of fused-ring (bicyclic) bond motifs is 1. The lowest BCUT2D eigenvalue weighted by molar-refractivity contribution is 0.260. The van der Waals surface area contributed by atoms with E-state index < -0.39 is 0 Å². The average molecular weight is 488 g/mol. The number of benzene rings is 1. The Morgan fingerprint density at radius 2 is 2.12 bits per heavy atom. The summed E-state index contributed by atoms with van der Waals surface area (Å²) >= 11 is 1.87. The minimum Gasteiger partial charge on any atom is -0.357 e. The Morgan fingerprint density at radius 1 is 1.27 bits per heavy atom. The summed E-state index contributed by atoms with van der Waals surface area (Å²) < 4.78 is 13.7. The molecule has 0 bridgehead atoms. The van der Waals surface area contributed by atoms with Crippen LogP contribution in [-0.4, -0.2) is 37.0 Å². The van der Waals surface area contributed by atoms with Gasteiger partial charge in [0.25, 0.3) is 0 Å². The number of rotatable bonds is 6. The van der Waals surface area contributed by atoms with Crippen LogP contribution in [0.25, 0.3) is 0 Å². The third-order valence-electron chi connectivity index (χ3n) is 4.32. The normalized spacial score (nSPS) is 14.5. The number of nitrogens with one attached hydrogen (secondary N) is 2. The number of hydrogen-bond donors (Lipinski definition) is 2. The highest BCUT2D eigenvalue weighted by atomic mass is 127. The molecule has 1 aromatic heterocycles. The molecule has 0 spiro atoms. The molecule has 0 saturated heterocycles. The zero-order valence-electron chi connectivity index (χ0n) is 15.0. The van der Waals surface area contributed by atoms with Gasteiger partial charge in [0.2, 0.25) is 0 Å². The fourth-order valence-corrected chi connectivity index (χ4v) is 3.85. The van der Waals surface area contributed by atoms with Gasteiger partial charge in [-0.1, -0.05) is 18.2 Å². The van der Waals surface area contributed by atoms with Crippen molar-refractivity contribution in [2.24, 2.45) is 4.99 Å². The number of guanidine groups is 1. The minimum absolute atomic E-state index is 0. The van der Waals surface area contributed by atoms with Crippen molar-refractivity contribution in [3.05, 3.63) is 57.5 Å². The first-order chi connectivity index (χ1) is 12.3. The van der Waals surface area contributed by atoms with E-state index in [9.17, 15) is 4.39 Å². The first kappa shape index (κ1) is 21.1. The molecule has 26 heavy (non-hydrogen) atoms. The zero-order valence-corrected chi connectivity index (χ0v) is 18.1. The molecule has 0 fully saturated rings. The predicted octanol–water partition coefficient (Wildman–Crippen LogP) is 3.62. The molecule has 0 unspecified atom stereocenters. The van der Waals surface area contributed by atoms with Crippen LogP contribution in [0.1, 0.15) is 22.9 Å². The summed E-state index contributed by atoms with van der Waals surface area (Å²) in [7, 11) is 0. The molecule has 0 radical (unpaired) electrons. The number of halogens is 2. The van der Waals surface area contributed by atoms with Gasteiger partial charge in [-0.2, -0.15) is 0 Å². The second-order valence-electron chi connectivity index (χ2n) is 6.11. The van der Waals surface area contributed by atoms with E-state index >= 15 is 0 Å². The van der Waals surface area contributed by atoms with E-state index in [4.69, 9.17) is 0 Å². The van der Waals surface area contributed by atoms with Gasteiger partial charge in [0.15, 0.2) is 5.96 Å². The maximum Gasteiger partial charge on any atom is 0.191 e. The van der Waals surface area contributed by atoms with Crippen LogP contribution in [-0.2, 0) is 19.5 Å². The van der Waals surface area contributed by atoms with Gasteiger partial charge in [0.1, 0.15) is 5.82 Å². The van der Waals surface area contributed by atoms with Crippen molar-refractivity contribution in [1.82, 2.24) is 15.5 Å². The molecular formula is C19H26FIN4S. The molecule has 2 aromatic rings. The number of thiophene rings is 1. The fraction of sp³-hybridized carbons (Fsp3) is 0.421. The van der Waals surface area contributed by atoms with E-state index in [0.29, 0.717) is 12.1 Å². The van der Waals surface area contributed by atoms with E-state index in [1.54, 1.807) is 12.1 Å². The first-order valence-electron chi connectivity index (χ1n) is 8.79. The summed E-state index contributed by atoms with van der Waals surface area (Å²) in [5.41, 5.74) is 2.08. The van der Waals surface area contributed by atoms with Gasteiger partial charge in [0.05, 0.1) is 6.54 Å². The number of aliphatic imine (C=N–C) groups is 1. The largest absolute Gasteiger partial charge is 0.357 e. The van der Waals surface area contributed by atoms with Crippen molar-refractivity contribution in [3.8, 4) is 0 Å². The molecule has 1 aliphatic heterocycles. The van der Waals surface area contributed by atoms with Crippen LogP contribution in [0.15, 0.2) is 40.7 Å². The maximum atomic E-state index is 13.7. The van der Waals surface area contributed by atoms with Gasteiger partial charge in [0, 0.05) is 43.2 Å². The maximum absolute atomic E-state index is 13.7. The lowest BCUT2D eigenvalue weighted by Gasteiger charge is -2.27. The summed E-state index contributed by atoms with van der Waals surface area (Å²) in [6.07, 6.45) is 1.15. The molecule has 2 heterocycles. The second kappa shape index (κ2) is 10.8. The summed E-state index contributed by atoms with van der Waals surface area (Å²) in [5, 5.41) is 8.76. The minimum atomic E-state index is -0.206. The third kappa shape index (κ3) is 5.92. The van der Waals surface area contributed by atoms with Gasteiger partial charge >= 0.3 is 0 Å². The fourth-order valence-electron chi connectivity index (χ4n) is 2.96. The molecule has 0 amide bonds. The van der Waals surface area contributed by atoms with Crippen LogP contribution >= 0.6 is 35.3 Å². The average Bonchev–Trinajstić information content (AvgIpc) is 3.08. The first-order valence-corrected chi connectivity index (χ1v) is 9.67. The SMILES string of the molecule is CCNC(=NCc1ccccc1F)NCCN1CCc2sccc2C1.I. The molecule has 2 N–H and O–H groups in total. The lowest BCUT2D eigenvalue weighted by atomic mass is 10.1. The van der Waals surface area contributed by atoms with E-state index in [0.717, 1.165) is 45.1 Å². The van der Waals surface area contributed by atoms with Crippen molar-refractivity contribution < 1.29 is 4.39 Å². The topological polar surface area (TPSA) is 39.7 Å². The summed E-state index contributed by atoms with van der Waals surface area (Å²) in [5.74, 6) is 0.529. The molecule has 0 atom stereocenters. The number of nitrogens with zero attached hydrogens (tertiary/aromatic N) is 2. The van der Waals surface area contributed by atoms with Crippen LogP contribution in [0.3, 0.4) is 0 Å². The van der Waals surface area contributed by atoms with E-state index in [1.165, 1.54) is 16.5 Å². The van der Waals surface area contributed by atoms with E-state index in [2.05, 4.69) is 32.0 Å². The molecule has 1 aromatic carbocycles. The zero-order chi connectivity index (χ0) is 17.5. The number of hydrogen-bond acceptors (Lipinski definition) is 3. The molecule has 142 valence electrons. The Morgan fingerprint density at radius 3 is 2.92 bits per heavy atom. The highest BCUT2D eigenvalue weighted by Crippen LogP contribution is 2.23. The van der Waals surface area contributed by atoms with Crippen LogP contribution in [0, 0.1) is 5.82 Å². The van der Waals surface area contributed by atoms with Crippen LogP contribution < -0.4 is 10.6 Å². The molecular weight excluding hydrogens is 462 g/mol. The smallest absolute Gasteiger partial charge is 0.191 e. The van der Waals surface area contributed by atoms with Crippen molar-refractivity contribution in [2.45, 2.75) is 26.4 Å². The Kier molecular flexibility index (Phi) is 8.80. The van der Waals surface area contributed by atoms with E-state index in [-0.39, 0.29) is 29.8 Å². The van der Waals surface area contributed by atoms with Gasteiger partial charge in [-0.3, -0.25) is 4.90 Å². The van der Waals surface area contributed by atoms with Crippen molar-refractivity contribution >= 4 is 41.3 Å². The second-order valence-corrected chi connectivity index (χ2v) is 7.11. The van der Waals surface area contributed by atoms with Gasteiger partial charge in [-0.15, -0.1) is 35.3 Å². The monoisotopic (exact) mass is 488 g/mol. The molecule has 1 aliphatic rings. The molecule has 0 aliphatic carbocycles. The van der Waals surface area contributed by atoms with Crippen molar-refractivity contribution in [1.29, 1.82) is 0 Å². The Bertz CT molecular complexity index is 719. The molecule has 0 saturated carbocycles. The predicted molar refractivity (Wildman–Crippen MR) is 118 cm³/mol. The van der Waals surface area contributed by atoms with Gasteiger partial charge < -0.3 is 10.6 Å². The molecule has 3 rings (SSSR count). The Balaban J connectivity index is 0.00000243. The summed E-state index contributed by atoms with van der Waals surface area (Å²) in [6, 6.07) is 9.02. The van der Waals surface area contributed by atoms with Crippen LogP contribution in [0.2, 0.25) is 0 Å². The summed E-state index contributed by atoms with van der Waals surface area (Å²) in [6.45, 7) is 7.08. The summed E-state index contributed by atoms with van der Waals surface area (Å²) in [4.78, 5) is 8.48. The highest BCUT2D eigenvalue weighted by Gasteiger charge is 2.16. The molecule has 4 nitrogen and oxygen atoms in total. The quantitative estimate of drug-likeness (QED) is 0.371. The van der Waals surface area contributed by atoms with Crippen molar-refractivity contribution in [2.75, 3.05) is 26.2 Å². The Labute approximate surface area is 175 Å². The van der Waals surface area contributed by atoms with E-state index in [1.807, 2.05) is 24.3 Å². The highest BCUT2D eigenvalue weighted by molar-refractivity contribution is 14.0. The van der Waals surface area contributed by atoms with Crippen LogP contribution in [0.5, 0.6) is 0 Å². The van der Waals surface area contributed by atoms with Crippen LogP contribution in [0.4, 0.5) is 4.39 Å². The lowest BCUT2D eigenvalue weighted by Crippen LogP contribution is -2.42. The third-order valence-corrected chi connectivity index (χ3v) is 5.34. The molecule has 7 heteroatoms. The van der Waals surface area contributed by atoms with Gasteiger partial charge in [-0.25, -0.2) is 9.38 Å². The Hall–Kier alpha value is -1.19. The van der Waals surface area contributed by atoms with Gasteiger partial charge in [-0.05, 0) is 36.4 Å².